The molecule has 0 radical (unpaired) electrons. The number of rotatable bonds is 3. The first-order valence-electron chi connectivity index (χ1n) is 5.55. The third-order valence-electron chi connectivity index (χ3n) is 2.03. The first-order chi connectivity index (χ1) is 8.29. The molecule has 0 bridgehead atoms. The first kappa shape index (κ1) is 14.0. The van der Waals surface area contributed by atoms with Crippen LogP contribution in [0.15, 0.2) is 30.3 Å². The summed E-state index contributed by atoms with van der Waals surface area (Å²) in [5.41, 5.74) is -0.250. The van der Waals surface area contributed by atoms with E-state index in [-0.39, 0.29) is 0 Å². The third kappa shape index (κ3) is 4.45. The van der Waals surface area contributed by atoms with Crippen LogP contribution in [0.5, 0.6) is 0 Å². The van der Waals surface area contributed by atoms with Gasteiger partial charge in [0, 0.05) is 0 Å². The number of alkyl carbamates (subject to hydrolysis) is 1. The number of carboxylic acids is 1. The molecule has 5 nitrogen and oxygen atoms in total. The number of carbonyl (C=O) groups is 2. The van der Waals surface area contributed by atoms with E-state index in [2.05, 4.69) is 5.32 Å². The number of benzene rings is 1. The van der Waals surface area contributed by atoms with Crippen LogP contribution in [0.1, 0.15) is 32.4 Å². The lowest BCUT2D eigenvalue weighted by Gasteiger charge is -2.24. The van der Waals surface area contributed by atoms with Gasteiger partial charge in [0.1, 0.15) is 5.60 Å². The Bertz CT molecular complexity index is 422. The number of nitrogens with one attached hydrogen (secondary N) is 1. The minimum Gasteiger partial charge on any atom is -0.548 e. The maximum absolute atomic E-state index is 11.5. The molecule has 1 atom stereocenters. The van der Waals surface area contributed by atoms with Gasteiger partial charge in [0.05, 0.1) is 12.0 Å². The van der Waals surface area contributed by atoms with Crippen LogP contribution >= 0.6 is 0 Å². The molecule has 0 heterocycles. The van der Waals surface area contributed by atoms with Crippen molar-refractivity contribution in [3.63, 3.8) is 0 Å². The van der Waals surface area contributed by atoms with Crippen LogP contribution < -0.4 is 10.4 Å². The molecule has 98 valence electrons. The molecule has 0 aliphatic heterocycles. The molecule has 0 fully saturated rings. The molecule has 0 aromatic heterocycles. The highest BCUT2D eigenvalue weighted by atomic mass is 16.6. The van der Waals surface area contributed by atoms with E-state index in [0.717, 1.165) is 0 Å². The van der Waals surface area contributed by atoms with E-state index in [1.807, 2.05) is 0 Å². The van der Waals surface area contributed by atoms with Crippen molar-refractivity contribution in [1.29, 1.82) is 0 Å². The van der Waals surface area contributed by atoms with Gasteiger partial charge < -0.3 is 20.0 Å². The standard InChI is InChI=1S/C13H17NO4/c1-13(2,3)18-12(17)14-10(11(15)16)9-7-5-4-6-8-9/h4-8,10H,1-3H3,(H,14,17)(H,15,16)/p-1/t10-/m0/s1. The molecule has 1 aromatic rings. The zero-order chi connectivity index (χ0) is 13.8. The number of carboxylic acid groups (broad SMARTS) is 1. The van der Waals surface area contributed by atoms with Crippen LogP contribution in [0.25, 0.3) is 0 Å². The molecule has 0 unspecified atom stereocenters. The quantitative estimate of drug-likeness (QED) is 0.868. The maximum atomic E-state index is 11.5. The highest BCUT2D eigenvalue weighted by molar-refractivity contribution is 5.80. The lowest BCUT2D eigenvalue weighted by molar-refractivity contribution is -0.308. The van der Waals surface area contributed by atoms with Crippen LogP contribution in [0.3, 0.4) is 0 Å². The molecular weight excluding hydrogens is 234 g/mol. The summed E-state index contributed by atoms with van der Waals surface area (Å²) in [6, 6.07) is 7.09. The topological polar surface area (TPSA) is 78.5 Å². The summed E-state index contributed by atoms with van der Waals surface area (Å²) in [7, 11) is 0. The molecule has 0 spiro atoms. The van der Waals surface area contributed by atoms with Gasteiger partial charge in [0.25, 0.3) is 0 Å². The van der Waals surface area contributed by atoms with Crippen LogP contribution in [-0.4, -0.2) is 17.7 Å². The van der Waals surface area contributed by atoms with Crippen molar-refractivity contribution in [2.45, 2.75) is 32.4 Å². The third-order valence-corrected chi connectivity index (χ3v) is 2.03. The van der Waals surface area contributed by atoms with Gasteiger partial charge >= 0.3 is 6.09 Å². The van der Waals surface area contributed by atoms with E-state index >= 15 is 0 Å². The average Bonchev–Trinajstić information content (AvgIpc) is 2.24. The fourth-order valence-electron chi connectivity index (χ4n) is 1.35. The number of amides is 1. The van der Waals surface area contributed by atoms with Crippen molar-refractivity contribution in [2.24, 2.45) is 0 Å². The smallest absolute Gasteiger partial charge is 0.408 e. The van der Waals surface area contributed by atoms with Gasteiger partial charge in [-0.15, -0.1) is 0 Å². The molecule has 5 heteroatoms. The predicted octanol–water partition coefficient (Wildman–Crippen LogP) is 1.00. The molecular formula is C13H16NO4-. The Hall–Kier alpha value is -2.04. The second kappa shape index (κ2) is 5.53. The fraction of sp³-hybridized carbons (Fsp3) is 0.385. The number of carbonyl (C=O) groups excluding carboxylic acids is 2. The second-order valence-corrected chi connectivity index (χ2v) is 4.81. The fourth-order valence-corrected chi connectivity index (χ4v) is 1.35. The van der Waals surface area contributed by atoms with E-state index in [0.29, 0.717) is 5.56 Å². The molecule has 1 amide bonds. The molecule has 1 N–H and O–H groups in total. The minimum absolute atomic E-state index is 0.434. The van der Waals surface area contributed by atoms with Gasteiger partial charge in [-0.2, -0.15) is 0 Å². The van der Waals surface area contributed by atoms with E-state index in [1.54, 1.807) is 51.1 Å². The molecule has 1 rings (SSSR count). The van der Waals surface area contributed by atoms with E-state index < -0.39 is 23.7 Å². The van der Waals surface area contributed by atoms with Gasteiger partial charge in [0.15, 0.2) is 0 Å². The van der Waals surface area contributed by atoms with Crippen molar-refractivity contribution in [2.75, 3.05) is 0 Å². The zero-order valence-corrected chi connectivity index (χ0v) is 10.6. The SMILES string of the molecule is CC(C)(C)OC(=O)N[C@H](C(=O)[O-])c1ccccc1. The lowest BCUT2D eigenvalue weighted by atomic mass is 10.1. The zero-order valence-electron chi connectivity index (χ0n) is 10.6. The Labute approximate surface area is 106 Å². The minimum atomic E-state index is -1.38. The van der Waals surface area contributed by atoms with Crippen molar-refractivity contribution in [3.05, 3.63) is 35.9 Å². The molecule has 0 aliphatic rings. The molecule has 0 saturated carbocycles. The summed E-state index contributed by atoms with van der Waals surface area (Å²) >= 11 is 0. The van der Waals surface area contributed by atoms with Crippen molar-refractivity contribution in [1.82, 2.24) is 5.32 Å². The Morgan fingerprint density at radius 3 is 2.22 bits per heavy atom. The number of aliphatic carboxylic acids is 1. The Kier molecular flexibility index (Phi) is 4.31. The van der Waals surface area contributed by atoms with Crippen molar-refractivity contribution < 1.29 is 19.4 Å². The summed E-state index contributed by atoms with van der Waals surface area (Å²) in [6.45, 7) is 5.09. The van der Waals surface area contributed by atoms with Crippen LogP contribution in [0, 0.1) is 0 Å². The number of ether oxygens (including phenoxy) is 1. The highest BCUT2D eigenvalue weighted by Gasteiger charge is 2.20. The average molecular weight is 250 g/mol. The van der Waals surface area contributed by atoms with E-state index in [1.165, 1.54) is 0 Å². The molecule has 0 aliphatic carbocycles. The second-order valence-electron chi connectivity index (χ2n) is 4.81. The van der Waals surface area contributed by atoms with Gasteiger partial charge in [-0.05, 0) is 26.3 Å². The largest absolute Gasteiger partial charge is 0.548 e. The van der Waals surface area contributed by atoms with Gasteiger partial charge in [0.2, 0.25) is 0 Å². The number of hydrogen-bond donors (Lipinski definition) is 1. The van der Waals surface area contributed by atoms with Gasteiger partial charge in [-0.25, -0.2) is 4.79 Å². The predicted molar refractivity (Wildman–Crippen MR) is 63.6 cm³/mol. The van der Waals surface area contributed by atoms with E-state index in [4.69, 9.17) is 4.74 Å². The van der Waals surface area contributed by atoms with Crippen molar-refractivity contribution >= 4 is 12.1 Å². The lowest BCUT2D eigenvalue weighted by Crippen LogP contribution is -2.43. The first-order valence-corrected chi connectivity index (χ1v) is 5.55. The summed E-state index contributed by atoms with van der Waals surface area (Å²) in [4.78, 5) is 22.5. The highest BCUT2D eigenvalue weighted by Crippen LogP contribution is 2.13. The van der Waals surface area contributed by atoms with Crippen LogP contribution in [0.4, 0.5) is 4.79 Å². The Morgan fingerprint density at radius 1 is 1.22 bits per heavy atom. The molecule has 18 heavy (non-hydrogen) atoms. The summed E-state index contributed by atoms with van der Waals surface area (Å²) in [5, 5.41) is 13.3. The molecule has 0 saturated heterocycles. The Morgan fingerprint density at radius 2 is 1.78 bits per heavy atom. The molecule has 1 aromatic carbocycles. The normalized spacial score (nSPS) is 12.6. The van der Waals surface area contributed by atoms with Crippen LogP contribution in [-0.2, 0) is 9.53 Å². The van der Waals surface area contributed by atoms with Gasteiger partial charge in [-0.3, -0.25) is 0 Å². The summed E-state index contributed by atoms with van der Waals surface area (Å²) in [5.74, 6) is -1.38. The number of hydrogen-bond acceptors (Lipinski definition) is 4. The van der Waals surface area contributed by atoms with Gasteiger partial charge in [-0.1, -0.05) is 30.3 Å². The van der Waals surface area contributed by atoms with E-state index in [9.17, 15) is 14.7 Å². The maximum Gasteiger partial charge on any atom is 0.408 e. The van der Waals surface area contributed by atoms with Crippen molar-refractivity contribution in [3.8, 4) is 0 Å². The summed E-state index contributed by atoms with van der Waals surface area (Å²) in [6.07, 6.45) is -0.791. The Balaban J connectivity index is 2.77. The summed E-state index contributed by atoms with van der Waals surface area (Å²) < 4.78 is 5.00. The van der Waals surface area contributed by atoms with Crippen LogP contribution in [0.2, 0.25) is 0 Å². The monoisotopic (exact) mass is 250 g/mol.